The van der Waals surface area contributed by atoms with E-state index < -0.39 is 0 Å². The van der Waals surface area contributed by atoms with Gasteiger partial charge in [-0.3, -0.25) is 4.79 Å². The van der Waals surface area contributed by atoms with Crippen LogP contribution in [0, 0.1) is 5.92 Å². The molecule has 0 saturated carbocycles. The third kappa shape index (κ3) is 5.74. The summed E-state index contributed by atoms with van der Waals surface area (Å²) in [6.45, 7) is 9.58. The highest BCUT2D eigenvalue weighted by Gasteiger charge is 2.15. The maximum atomic E-state index is 11.7. The number of benzene rings is 1. The Morgan fingerprint density at radius 2 is 1.85 bits per heavy atom. The second kappa shape index (κ2) is 8.75. The van der Waals surface area contributed by atoms with Crippen LogP contribution in [0.25, 0.3) is 0 Å². The van der Waals surface area contributed by atoms with Gasteiger partial charge >= 0.3 is 5.97 Å². The Morgan fingerprint density at radius 1 is 1.20 bits per heavy atom. The van der Waals surface area contributed by atoms with E-state index in [1.54, 1.807) is 0 Å². The molecule has 1 aromatic rings. The first-order chi connectivity index (χ1) is 9.56. The van der Waals surface area contributed by atoms with E-state index in [-0.39, 0.29) is 12.0 Å². The summed E-state index contributed by atoms with van der Waals surface area (Å²) in [7, 11) is 0. The minimum absolute atomic E-state index is 0.0344. The molecule has 0 fully saturated rings. The lowest BCUT2D eigenvalue weighted by Crippen LogP contribution is -2.24. The van der Waals surface area contributed by atoms with Gasteiger partial charge in [-0.2, -0.15) is 0 Å². The molecule has 0 aliphatic rings. The first kappa shape index (κ1) is 16.7. The Labute approximate surface area is 122 Å². The first-order valence-electron chi connectivity index (χ1n) is 7.54. The number of nitrogens with one attached hydrogen (secondary N) is 1. The number of esters is 1. The van der Waals surface area contributed by atoms with Gasteiger partial charge in [0.2, 0.25) is 0 Å². The Bertz CT molecular complexity index is 398. The zero-order chi connectivity index (χ0) is 15.0. The van der Waals surface area contributed by atoms with E-state index in [9.17, 15) is 4.79 Å². The summed E-state index contributed by atoms with van der Waals surface area (Å²) in [5, 5.41) is 3.35. The van der Waals surface area contributed by atoms with E-state index in [4.69, 9.17) is 4.74 Å². The molecule has 0 aliphatic carbocycles. The maximum Gasteiger partial charge on any atom is 0.307 e. The molecule has 0 amide bonds. The number of carbonyl (C=O) groups is 1. The molecule has 0 aliphatic heterocycles. The fourth-order valence-corrected chi connectivity index (χ4v) is 2.30. The zero-order valence-electron chi connectivity index (χ0n) is 13.1. The van der Waals surface area contributed by atoms with Crippen LogP contribution in [0.1, 0.15) is 51.3 Å². The molecule has 1 N–H and O–H groups in total. The second-order valence-electron chi connectivity index (χ2n) is 5.46. The van der Waals surface area contributed by atoms with E-state index in [0.29, 0.717) is 18.9 Å². The van der Waals surface area contributed by atoms with Crippen LogP contribution in [0.15, 0.2) is 24.3 Å². The van der Waals surface area contributed by atoms with Gasteiger partial charge in [0.05, 0.1) is 13.0 Å². The third-order valence-electron chi connectivity index (χ3n) is 3.15. The predicted molar refractivity (Wildman–Crippen MR) is 82.7 cm³/mol. The largest absolute Gasteiger partial charge is 0.466 e. The summed E-state index contributed by atoms with van der Waals surface area (Å²) < 4.78 is 5.04. The van der Waals surface area contributed by atoms with Crippen LogP contribution in [0.5, 0.6) is 0 Å². The summed E-state index contributed by atoms with van der Waals surface area (Å²) in [6, 6.07) is 8.58. The third-order valence-corrected chi connectivity index (χ3v) is 3.15. The van der Waals surface area contributed by atoms with E-state index in [0.717, 1.165) is 18.5 Å². The Balaban J connectivity index is 2.73. The van der Waals surface area contributed by atoms with Crippen molar-refractivity contribution in [3.05, 3.63) is 35.4 Å². The number of ether oxygens (including phenoxy) is 1. The average molecular weight is 277 g/mol. The molecule has 0 saturated heterocycles. The Hall–Kier alpha value is -1.35. The van der Waals surface area contributed by atoms with Crippen LogP contribution in [0.3, 0.4) is 0 Å². The first-order valence-corrected chi connectivity index (χ1v) is 7.54. The fourth-order valence-electron chi connectivity index (χ4n) is 2.30. The predicted octanol–water partition coefficient (Wildman–Crippen LogP) is 3.49. The van der Waals surface area contributed by atoms with Crippen molar-refractivity contribution in [2.45, 2.75) is 46.6 Å². The van der Waals surface area contributed by atoms with Crippen molar-refractivity contribution in [3.63, 3.8) is 0 Å². The van der Waals surface area contributed by atoms with Gasteiger partial charge in [-0.05, 0) is 36.9 Å². The minimum atomic E-state index is -0.148. The van der Waals surface area contributed by atoms with Crippen LogP contribution in [0.4, 0.5) is 0 Å². The topological polar surface area (TPSA) is 38.3 Å². The van der Waals surface area contributed by atoms with Crippen molar-refractivity contribution < 1.29 is 9.53 Å². The molecule has 1 atom stereocenters. The monoisotopic (exact) mass is 277 g/mol. The van der Waals surface area contributed by atoms with Crippen LogP contribution < -0.4 is 5.32 Å². The van der Waals surface area contributed by atoms with Crippen molar-refractivity contribution in [2.24, 2.45) is 5.92 Å². The average Bonchev–Trinajstić information content (AvgIpc) is 2.39. The van der Waals surface area contributed by atoms with Gasteiger partial charge in [-0.25, -0.2) is 0 Å². The van der Waals surface area contributed by atoms with Gasteiger partial charge in [-0.1, -0.05) is 45.0 Å². The quantitative estimate of drug-likeness (QED) is 0.739. The number of carbonyl (C=O) groups excluding carboxylic acids is 1. The number of hydrogen-bond donors (Lipinski definition) is 1. The molecule has 0 heterocycles. The molecule has 112 valence electrons. The van der Waals surface area contributed by atoms with E-state index in [2.05, 4.69) is 43.4 Å². The maximum absolute atomic E-state index is 11.7. The normalized spacial score (nSPS) is 12.4. The lowest BCUT2D eigenvalue weighted by atomic mass is 9.98. The molecule has 1 aromatic carbocycles. The second-order valence-corrected chi connectivity index (χ2v) is 5.46. The minimum Gasteiger partial charge on any atom is -0.466 e. The summed E-state index contributed by atoms with van der Waals surface area (Å²) >= 11 is 0. The van der Waals surface area contributed by atoms with Crippen LogP contribution in [-0.4, -0.2) is 19.1 Å². The lowest BCUT2D eigenvalue weighted by molar-refractivity contribution is -0.143. The van der Waals surface area contributed by atoms with Gasteiger partial charge in [0.25, 0.3) is 0 Å². The van der Waals surface area contributed by atoms with Crippen molar-refractivity contribution in [2.75, 3.05) is 13.2 Å². The van der Waals surface area contributed by atoms with Gasteiger partial charge in [-0.15, -0.1) is 0 Å². The van der Waals surface area contributed by atoms with E-state index in [1.165, 1.54) is 5.56 Å². The van der Waals surface area contributed by atoms with E-state index in [1.807, 2.05) is 13.8 Å². The van der Waals surface area contributed by atoms with Crippen molar-refractivity contribution in [1.29, 1.82) is 0 Å². The molecular weight excluding hydrogens is 250 g/mol. The summed E-state index contributed by atoms with van der Waals surface area (Å²) in [5.41, 5.74) is 2.49. The molecule has 20 heavy (non-hydrogen) atoms. The summed E-state index contributed by atoms with van der Waals surface area (Å²) in [6.07, 6.45) is 1.47. The molecule has 0 radical (unpaired) electrons. The van der Waals surface area contributed by atoms with Gasteiger partial charge < -0.3 is 10.1 Å². The molecular formula is C17H27NO2. The standard InChI is InChI=1S/C17H27NO2/c1-5-18-16(12-17(19)20-6-2)15-9-7-14(8-10-15)11-13(3)4/h7-10,13,16,18H,5-6,11-12H2,1-4H3. The van der Waals surface area contributed by atoms with Crippen LogP contribution >= 0.6 is 0 Å². The van der Waals surface area contributed by atoms with Crippen LogP contribution in [-0.2, 0) is 16.0 Å². The van der Waals surface area contributed by atoms with Crippen LogP contribution in [0.2, 0.25) is 0 Å². The molecule has 3 heteroatoms. The fraction of sp³-hybridized carbons (Fsp3) is 0.588. The highest BCUT2D eigenvalue weighted by atomic mass is 16.5. The highest BCUT2D eigenvalue weighted by Crippen LogP contribution is 2.19. The number of rotatable bonds is 8. The molecule has 0 spiro atoms. The van der Waals surface area contributed by atoms with E-state index >= 15 is 0 Å². The van der Waals surface area contributed by atoms with Crippen molar-refractivity contribution >= 4 is 5.97 Å². The van der Waals surface area contributed by atoms with Crippen molar-refractivity contribution in [1.82, 2.24) is 5.32 Å². The summed E-state index contributed by atoms with van der Waals surface area (Å²) in [5.74, 6) is 0.509. The lowest BCUT2D eigenvalue weighted by Gasteiger charge is -2.18. The Kier molecular flexibility index (Phi) is 7.31. The molecule has 0 bridgehead atoms. The van der Waals surface area contributed by atoms with Gasteiger partial charge in [0, 0.05) is 6.04 Å². The smallest absolute Gasteiger partial charge is 0.307 e. The summed E-state index contributed by atoms with van der Waals surface area (Å²) in [4.78, 5) is 11.7. The van der Waals surface area contributed by atoms with Crippen molar-refractivity contribution in [3.8, 4) is 0 Å². The molecule has 0 aromatic heterocycles. The van der Waals surface area contributed by atoms with Gasteiger partial charge in [0.1, 0.15) is 0 Å². The Morgan fingerprint density at radius 3 is 2.35 bits per heavy atom. The SMILES string of the molecule is CCNC(CC(=O)OCC)c1ccc(CC(C)C)cc1. The molecule has 3 nitrogen and oxygen atoms in total. The molecule has 1 unspecified atom stereocenters. The van der Waals surface area contributed by atoms with Gasteiger partial charge in [0.15, 0.2) is 0 Å². The molecule has 1 rings (SSSR count). The number of hydrogen-bond acceptors (Lipinski definition) is 3. The zero-order valence-corrected chi connectivity index (χ0v) is 13.1. The highest BCUT2D eigenvalue weighted by molar-refractivity contribution is 5.70.